The van der Waals surface area contributed by atoms with Crippen molar-refractivity contribution >= 4 is 23.4 Å². The Morgan fingerprint density at radius 3 is 2.50 bits per heavy atom. The lowest BCUT2D eigenvalue weighted by molar-refractivity contribution is -0.131. The van der Waals surface area contributed by atoms with E-state index in [0.29, 0.717) is 55.5 Å². The van der Waals surface area contributed by atoms with Crippen LogP contribution in [-0.2, 0) is 4.79 Å². The molecule has 2 rings (SSSR count). The molecular formula is C18H25ClN2O3. The van der Waals surface area contributed by atoms with Crippen LogP contribution in [0.1, 0.15) is 43.5 Å². The number of amides is 2. The summed E-state index contributed by atoms with van der Waals surface area (Å²) in [5.74, 6) is 0.712. The molecular weight excluding hydrogens is 328 g/mol. The molecule has 1 saturated heterocycles. The molecule has 1 fully saturated rings. The smallest absolute Gasteiger partial charge is 0.253 e. The third-order valence-electron chi connectivity index (χ3n) is 4.08. The third kappa shape index (κ3) is 4.63. The summed E-state index contributed by atoms with van der Waals surface area (Å²) >= 11 is 6.17. The number of hydrogen-bond donors (Lipinski definition) is 0. The first-order chi connectivity index (χ1) is 11.6. The monoisotopic (exact) mass is 352 g/mol. The number of rotatable bonds is 5. The summed E-state index contributed by atoms with van der Waals surface area (Å²) in [5.41, 5.74) is 0.553. The second-order valence-electron chi connectivity index (χ2n) is 5.85. The van der Waals surface area contributed by atoms with Gasteiger partial charge in [0.2, 0.25) is 5.91 Å². The van der Waals surface area contributed by atoms with Gasteiger partial charge in [-0.05, 0) is 38.0 Å². The van der Waals surface area contributed by atoms with Gasteiger partial charge in [-0.15, -0.1) is 0 Å². The molecule has 1 aliphatic heterocycles. The number of halogens is 1. The molecule has 0 aromatic heterocycles. The van der Waals surface area contributed by atoms with Crippen molar-refractivity contribution in [2.45, 2.75) is 33.1 Å². The van der Waals surface area contributed by atoms with Crippen LogP contribution >= 0.6 is 11.6 Å². The highest BCUT2D eigenvalue weighted by Gasteiger charge is 2.22. The van der Waals surface area contributed by atoms with Crippen LogP contribution in [0.25, 0.3) is 0 Å². The van der Waals surface area contributed by atoms with E-state index in [-0.39, 0.29) is 11.8 Å². The van der Waals surface area contributed by atoms with Crippen LogP contribution in [0.5, 0.6) is 5.75 Å². The summed E-state index contributed by atoms with van der Waals surface area (Å²) in [7, 11) is 0. The molecule has 1 aromatic rings. The van der Waals surface area contributed by atoms with Crippen molar-refractivity contribution in [2.75, 3.05) is 32.8 Å². The Hall–Kier alpha value is -1.75. The summed E-state index contributed by atoms with van der Waals surface area (Å²) in [5, 5.41) is 0.442. The van der Waals surface area contributed by atoms with Gasteiger partial charge in [0.05, 0.1) is 11.6 Å². The SMILES string of the molecule is CCCC(=O)N1CCCN(C(=O)c2ccc(OCC)c(Cl)c2)CC1. The fourth-order valence-electron chi connectivity index (χ4n) is 2.83. The maximum Gasteiger partial charge on any atom is 0.253 e. The first-order valence-electron chi connectivity index (χ1n) is 8.56. The fraction of sp³-hybridized carbons (Fsp3) is 0.556. The maximum atomic E-state index is 12.7. The average molecular weight is 353 g/mol. The van der Waals surface area contributed by atoms with E-state index in [4.69, 9.17) is 16.3 Å². The Bertz CT molecular complexity index is 592. The zero-order valence-electron chi connectivity index (χ0n) is 14.4. The van der Waals surface area contributed by atoms with Gasteiger partial charge in [0, 0.05) is 38.2 Å². The Labute approximate surface area is 148 Å². The molecule has 132 valence electrons. The molecule has 1 heterocycles. The van der Waals surface area contributed by atoms with Crippen LogP contribution in [0, 0.1) is 0 Å². The summed E-state index contributed by atoms with van der Waals surface area (Å²) in [6, 6.07) is 5.12. The number of carbonyl (C=O) groups is 2. The van der Waals surface area contributed by atoms with Gasteiger partial charge in [0.1, 0.15) is 5.75 Å². The molecule has 0 unspecified atom stereocenters. The lowest BCUT2D eigenvalue weighted by Crippen LogP contribution is -2.37. The van der Waals surface area contributed by atoms with Gasteiger partial charge < -0.3 is 14.5 Å². The number of nitrogens with zero attached hydrogens (tertiary/aromatic N) is 2. The van der Waals surface area contributed by atoms with Crippen molar-refractivity contribution in [3.63, 3.8) is 0 Å². The van der Waals surface area contributed by atoms with E-state index in [1.54, 1.807) is 23.1 Å². The van der Waals surface area contributed by atoms with Gasteiger partial charge in [-0.3, -0.25) is 9.59 Å². The van der Waals surface area contributed by atoms with E-state index in [1.165, 1.54) is 0 Å². The van der Waals surface area contributed by atoms with Crippen LogP contribution in [0.4, 0.5) is 0 Å². The Morgan fingerprint density at radius 2 is 1.83 bits per heavy atom. The lowest BCUT2D eigenvalue weighted by Gasteiger charge is -2.22. The Morgan fingerprint density at radius 1 is 1.12 bits per heavy atom. The van der Waals surface area contributed by atoms with Gasteiger partial charge >= 0.3 is 0 Å². The van der Waals surface area contributed by atoms with E-state index in [1.807, 2.05) is 18.7 Å². The van der Waals surface area contributed by atoms with Crippen molar-refractivity contribution in [1.29, 1.82) is 0 Å². The molecule has 1 aliphatic rings. The van der Waals surface area contributed by atoms with Crippen LogP contribution in [-0.4, -0.2) is 54.4 Å². The number of hydrogen-bond acceptors (Lipinski definition) is 3. The Kier molecular flexibility index (Phi) is 6.91. The molecule has 0 radical (unpaired) electrons. The number of ether oxygens (including phenoxy) is 1. The normalized spacial score (nSPS) is 15.1. The highest BCUT2D eigenvalue weighted by molar-refractivity contribution is 6.32. The molecule has 0 atom stereocenters. The van der Waals surface area contributed by atoms with E-state index in [9.17, 15) is 9.59 Å². The molecule has 24 heavy (non-hydrogen) atoms. The predicted molar refractivity (Wildman–Crippen MR) is 94.6 cm³/mol. The molecule has 0 bridgehead atoms. The molecule has 6 heteroatoms. The first kappa shape index (κ1) is 18.6. The van der Waals surface area contributed by atoms with Crippen molar-refractivity contribution in [1.82, 2.24) is 9.80 Å². The van der Waals surface area contributed by atoms with E-state index in [2.05, 4.69) is 0 Å². The largest absolute Gasteiger partial charge is 0.492 e. The first-order valence-corrected chi connectivity index (χ1v) is 8.94. The summed E-state index contributed by atoms with van der Waals surface area (Å²) in [6.45, 7) is 6.93. The van der Waals surface area contributed by atoms with E-state index >= 15 is 0 Å². The lowest BCUT2D eigenvalue weighted by atomic mass is 10.2. The van der Waals surface area contributed by atoms with Gasteiger partial charge in [0.25, 0.3) is 5.91 Å². The molecule has 0 aliphatic carbocycles. The molecule has 1 aromatic carbocycles. The Balaban J connectivity index is 2.02. The minimum Gasteiger partial charge on any atom is -0.492 e. The predicted octanol–water partition coefficient (Wildman–Crippen LogP) is 3.21. The standard InChI is InChI=1S/C18H25ClN2O3/c1-3-6-17(22)20-9-5-10-21(12-11-20)18(23)14-7-8-16(24-4-2)15(19)13-14/h7-8,13H,3-6,9-12H2,1-2H3. The van der Waals surface area contributed by atoms with Crippen LogP contribution in [0.2, 0.25) is 5.02 Å². The zero-order valence-corrected chi connectivity index (χ0v) is 15.1. The molecule has 0 spiro atoms. The molecule has 5 nitrogen and oxygen atoms in total. The van der Waals surface area contributed by atoms with Gasteiger partial charge in [-0.25, -0.2) is 0 Å². The molecule has 0 saturated carbocycles. The van der Waals surface area contributed by atoms with E-state index in [0.717, 1.165) is 12.8 Å². The second-order valence-corrected chi connectivity index (χ2v) is 6.26. The highest BCUT2D eigenvalue weighted by atomic mass is 35.5. The van der Waals surface area contributed by atoms with Crippen molar-refractivity contribution in [3.8, 4) is 5.75 Å². The zero-order chi connectivity index (χ0) is 17.5. The average Bonchev–Trinajstić information content (AvgIpc) is 2.82. The van der Waals surface area contributed by atoms with Crippen LogP contribution < -0.4 is 4.74 Å². The molecule has 2 amide bonds. The minimum atomic E-state index is -0.0512. The summed E-state index contributed by atoms with van der Waals surface area (Å²) in [6.07, 6.45) is 2.22. The summed E-state index contributed by atoms with van der Waals surface area (Å²) in [4.78, 5) is 28.4. The van der Waals surface area contributed by atoms with Gasteiger partial charge in [-0.2, -0.15) is 0 Å². The minimum absolute atomic E-state index is 0.0512. The molecule has 0 N–H and O–H groups in total. The second kappa shape index (κ2) is 8.92. The van der Waals surface area contributed by atoms with Crippen molar-refractivity contribution < 1.29 is 14.3 Å². The topological polar surface area (TPSA) is 49.9 Å². The van der Waals surface area contributed by atoms with Gasteiger partial charge in [-0.1, -0.05) is 18.5 Å². The maximum absolute atomic E-state index is 12.7. The quantitative estimate of drug-likeness (QED) is 0.817. The third-order valence-corrected chi connectivity index (χ3v) is 4.37. The van der Waals surface area contributed by atoms with Crippen LogP contribution in [0.15, 0.2) is 18.2 Å². The van der Waals surface area contributed by atoms with Crippen LogP contribution in [0.3, 0.4) is 0 Å². The summed E-state index contributed by atoms with van der Waals surface area (Å²) < 4.78 is 5.40. The number of carbonyl (C=O) groups excluding carboxylic acids is 2. The van der Waals surface area contributed by atoms with Crippen molar-refractivity contribution in [2.24, 2.45) is 0 Å². The number of benzene rings is 1. The van der Waals surface area contributed by atoms with Gasteiger partial charge in [0.15, 0.2) is 0 Å². The van der Waals surface area contributed by atoms with Crippen molar-refractivity contribution in [3.05, 3.63) is 28.8 Å². The highest BCUT2D eigenvalue weighted by Crippen LogP contribution is 2.26. The van der Waals surface area contributed by atoms with E-state index < -0.39 is 0 Å². The fourth-order valence-corrected chi connectivity index (χ4v) is 3.07.